The maximum Gasteiger partial charge on any atom is 0.293 e. The zero-order valence-corrected chi connectivity index (χ0v) is 24.3. The van der Waals surface area contributed by atoms with Gasteiger partial charge in [-0.1, -0.05) is 51.3 Å². The van der Waals surface area contributed by atoms with Gasteiger partial charge in [0.05, 0.1) is 20.9 Å². The molecule has 0 spiro atoms. The van der Waals surface area contributed by atoms with Gasteiger partial charge in [-0.05, 0) is 82.7 Å². The van der Waals surface area contributed by atoms with E-state index in [2.05, 4.69) is 42.5 Å². The lowest BCUT2D eigenvalue weighted by atomic mass is 10.2. The van der Waals surface area contributed by atoms with E-state index in [1.54, 1.807) is 41.7 Å². The van der Waals surface area contributed by atoms with Gasteiger partial charge >= 0.3 is 0 Å². The number of halogens is 4. The number of anilines is 1. The van der Waals surface area contributed by atoms with Crippen LogP contribution in [0.4, 0.5) is 5.69 Å². The maximum atomic E-state index is 12.8. The monoisotopic (exact) mass is 679 g/mol. The maximum absolute atomic E-state index is 12.8. The average Bonchev–Trinajstić information content (AvgIpc) is 3.48. The third-order valence-electron chi connectivity index (χ3n) is 5.07. The van der Waals surface area contributed by atoms with Crippen LogP contribution in [-0.2, 0) is 0 Å². The number of thiazole rings is 1. The lowest BCUT2D eigenvalue weighted by Crippen LogP contribution is -2.34. The van der Waals surface area contributed by atoms with Crippen LogP contribution in [0, 0.1) is 0 Å². The summed E-state index contributed by atoms with van der Waals surface area (Å²) in [5.41, 5.74) is 3.03. The van der Waals surface area contributed by atoms with Crippen molar-refractivity contribution in [1.82, 2.24) is 10.3 Å². The topological polar surface area (TPSA) is 67.2 Å². The van der Waals surface area contributed by atoms with Crippen molar-refractivity contribution >= 4 is 106 Å². The van der Waals surface area contributed by atoms with Gasteiger partial charge in [-0.15, -0.1) is 11.3 Å². The molecule has 2 N–H and O–H groups in total. The van der Waals surface area contributed by atoms with Crippen molar-refractivity contribution in [3.8, 4) is 21.9 Å². The zero-order valence-electron chi connectivity index (χ0n) is 17.9. The Kier molecular flexibility index (Phi) is 7.48. The molecule has 0 saturated carbocycles. The number of amides is 1. The fraction of sp³-hybridized carbons (Fsp3) is 0. The van der Waals surface area contributed by atoms with Gasteiger partial charge in [-0.2, -0.15) is 0 Å². The van der Waals surface area contributed by atoms with E-state index in [-0.39, 0.29) is 10.9 Å². The fourth-order valence-electron chi connectivity index (χ4n) is 3.46. The van der Waals surface area contributed by atoms with E-state index < -0.39 is 5.91 Å². The summed E-state index contributed by atoms with van der Waals surface area (Å²) < 4.78 is 8.41. The van der Waals surface area contributed by atoms with Crippen LogP contribution in [0.2, 0.25) is 10.0 Å². The number of rotatable bonds is 4. The number of carbonyl (C=O) groups is 1. The number of hydrogen-bond donors (Lipinski definition) is 2. The highest BCUT2D eigenvalue weighted by Gasteiger charge is 2.19. The summed E-state index contributed by atoms with van der Waals surface area (Å²) in [5.74, 6) is 0.0227. The molecule has 0 unspecified atom stereocenters. The minimum absolute atomic E-state index is 0.0847. The smallest absolute Gasteiger partial charge is 0.293 e. The molecule has 0 aliphatic carbocycles. The van der Waals surface area contributed by atoms with Crippen LogP contribution in [0.1, 0.15) is 10.6 Å². The van der Waals surface area contributed by atoms with E-state index in [0.29, 0.717) is 27.1 Å². The van der Waals surface area contributed by atoms with Crippen LogP contribution in [0.3, 0.4) is 0 Å². The highest BCUT2D eigenvalue weighted by molar-refractivity contribution is 9.11. The Labute approximate surface area is 242 Å². The summed E-state index contributed by atoms with van der Waals surface area (Å²) >= 11 is 26.4. The minimum Gasteiger partial charge on any atom is -0.451 e. The van der Waals surface area contributed by atoms with Crippen LogP contribution in [0.5, 0.6) is 0 Å². The summed E-state index contributed by atoms with van der Waals surface area (Å²) in [5, 5.41) is 7.63. The molecule has 0 aliphatic rings. The molecule has 0 radical (unpaired) electrons. The first kappa shape index (κ1) is 25.4. The summed E-state index contributed by atoms with van der Waals surface area (Å²) in [6.07, 6.45) is 0. The first-order valence-corrected chi connectivity index (χ1v) is 13.9. The minimum atomic E-state index is -0.501. The molecule has 0 bridgehead atoms. The van der Waals surface area contributed by atoms with Gasteiger partial charge in [0, 0.05) is 25.1 Å². The summed E-state index contributed by atoms with van der Waals surface area (Å²) in [6, 6.07) is 20.0. The normalized spacial score (nSPS) is 11.0. The average molecular weight is 682 g/mol. The predicted octanol–water partition coefficient (Wildman–Crippen LogP) is 9.18. The molecule has 180 valence electrons. The van der Waals surface area contributed by atoms with Gasteiger partial charge in [0.1, 0.15) is 10.8 Å². The van der Waals surface area contributed by atoms with Crippen molar-refractivity contribution in [2.45, 2.75) is 0 Å². The van der Waals surface area contributed by atoms with Gasteiger partial charge < -0.3 is 9.73 Å². The Morgan fingerprint density at radius 3 is 2.58 bits per heavy atom. The summed E-state index contributed by atoms with van der Waals surface area (Å²) in [6.45, 7) is 0. The molecule has 0 fully saturated rings. The molecular formula is C25H13Br2Cl2N3O2S2. The molecule has 1 amide bonds. The molecule has 36 heavy (non-hydrogen) atoms. The number of furan rings is 1. The van der Waals surface area contributed by atoms with E-state index in [1.165, 1.54) is 0 Å². The molecule has 0 aliphatic heterocycles. The Morgan fingerprint density at radius 2 is 1.81 bits per heavy atom. The van der Waals surface area contributed by atoms with Gasteiger partial charge in [-0.25, -0.2) is 4.98 Å². The van der Waals surface area contributed by atoms with Crippen LogP contribution in [0.25, 0.3) is 32.1 Å². The van der Waals surface area contributed by atoms with Gasteiger partial charge in [0.2, 0.25) is 0 Å². The van der Waals surface area contributed by atoms with Gasteiger partial charge in [0.25, 0.3) is 5.91 Å². The number of para-hydroxylation sites is 1. The number of hydrogen-bond acceptors (Lipinski definition) is 5. The first-order valence-electron chi connectivity index (χ1n) is 10.3. The van der Waals surface area contributed by atoms with Crippen molar-refractivity contribution in [1.29, 1.82) is 0 Å². The molecule has 3 aromatic carbocycles. The molecule has 0 saturated heterocycles. The van der Waals surface area contributed by atoms with Crippen molar-refractivity contribution < 1.29 is 9.21 Å². The third-order valence-corrected chi connectivity index (χ3v) is 7.98. The molecular weight excluding hydrogens is 669 g/mol. The van der Waals surface area contributed by atoms with E-state index in [4.69, 9.17) is 44.8 Å². The van der Waals surface area contributed by atoms with Crippen LogP contribution >= 0.6 is 78.6 Å². The van der Waals surface area contributed by atoms with E-state index in [9.17, 15) is 4.79 Å². The van der Waals surface area contributed by atoms with Gasteiger partial charge in [-0.3, -0.25) is 10.1 Å². The largest absolute Gasteiger partial charge is 0.451 e. The number of nitrogens with zero attached hydrogens (tertiary/aromatic N) is 1. The second-order valence-corrected chi connectivity index (χ2v) is 11.5. The number of aromatic nitrogens is 1. The number of fused-ring (bicyclic) bond motifs is 1. The van der Waals surface area contributed by atoms with Crippen LogP contribution < -0.4 is 10.6 Å². The fourth-order valence-corrected chi connectivity index (χ4v) is 6.47. The van der Waals surface area contributed by atoms with Crippen molar-refractivity contribution in [3.63, 3.8) is 0 Å². The molecule has 11 heteroatoms. The van der Waals surface area contributed by atoms with Crippen molar-refractivity contribution in [2.75, 3.05) is 5.32 Å². The van der Waals surface area contributed by atoms with E-state index >= 15 is 0 Å². The zero-order chi connectivity index (χ0) is 25.4. The molecule has 5 nitrogen and oxygen atoms in total. The first-order chi connectivity index (χ1) is 17.3. The molecule has 5 rings (SSSR count). The van der Waals surface area contributed by atoms with Crippen LogP contribution in [-0.4, -0.2) is 16.0 Å². The Morgan fingerprint density at radius 1 is 1.00 bits per heavy atom. The molecule has 5 aromatic rings. The number of nitrogens with one attached hydrogen (secondary N) is 2. The van der Waals surface area contributed by atoms with E-state index in [1.807, 2.05) is 36.4 Å². The Hall–Kier alpha value is -2.27. The Bertz CT molecular complexity index is 1620. The lowest BCUT2D eigenvalue weighted by molar-refractivity contribution is 0.0951. The second-order valence-electron chi connectivity index (χ2n) is 7.49. The molecule has 2 aromatic heterocycles. The second kappa shape index (κ2) is 10.6. The SMILES string of the molecule is O=C(NC(=S)Nc1c(Br)cc(Br)cc1-c1nc2ccccc2s1)c1ccc(-c2ccc(Cl)cc2Cl)o1. The third kappa shape index (κ3) is 5.37. The number of thiocarbonyl (C=S) groups is 1. The quantitative estimate of drug-likeness (QED) is 0.185. The highest BCUT2D eigenvalue weighted by Crippen LogP contribution is 2.40. The number of carbonyl (C=O) groups excluding carboxylic acids is 1. The summed E-state index contributed by atoms with van der Waals surface area (Å²) in [4.78, 5) is 17.6. The standard InChI is InChI=1S/C25H13Br2Cl2N3O2S2/c26-12-9-15(24-30-18-3-1-2-4-21(18)36-24)22(16(27)10-12)31-25(35)32-23(33)20-8-7-19(34-20)14-6-5-13(28)11-17(14)29/h1-11H,(H2,31,32,33,35). The van der Waals surface area contributed by atoms with Crippen LogP contribution in [0.15, 0.2) is 80.1 Å². The molecule has 2 heterocycles. The lowest BCUT2D eigenvalue weighted by Gasteiger charge is -2.14. The van der Waals surface area contributed by atoms with Gasteiger partial charge in [0.15, 0.2) is 10.9 Å². The predicted molar refractivity (Wildman–Crippen MR) is 158 cm³/mol. The van der Waals surface area contributed by atoms with Crippen molar-refractivity contribution in [3.05, 3.63) is 91.5 Å². The van der Waals surface area contributed by atoms with E-state index in [0.717, 1.165) is 29.7 Å². The van der Waals surface area contributed by atoms with Crippen molar-refractivity contribution in [2.24, 2.45) is 0 Å². The number of benzene rings is 3. The Balaban J connectivity index is 1.37. The highest BCUT2D eigenvalue weighted by atomic mass is 79.9. The summed E-state index contributed by atoms with van der Waals surface area (Å²) in [7, 11) is 0. The molecule has 0 atom stereocenters.